The number of benzene rings is 2. The molecule has 0 saturated heterocycles. The van der Waals surface area contributed by atoms with Crippen LogP contribution in [-0.4, -0.2) is 32.7 Å². The van der Waals surface area contributed by atoms with Crippen molar-refractivity contribution in [2.75, 3.05) is 11.9 Å². The topological polar surface area (TPSA) is 133 Å². The second-order valence-corrected chi connectivity index (χ2v) is 8.62. The molecule has 188 valence electrons. The third-order valence-corrected chi connectivity index (χ3v) is 5.68. The third kappa shape index (κ3) is 7.08. The molecule has 0 radical (unpaired) electrons. The standard InChI is InChI=1S/C28H27N5O4/c1-18-13-25(33-37-18)30-15-23-11-7-21(8-12-23)4-3-20-5-9-22(10-6-20)14-24(16-29-19(2)34)26-27(35)28(36)32-17-31-26/h5-13,17,24,35H,14-16H2,1-2H3,(H,29,34)(H,30,33)(H,31,32,36). The molecule has 4 rings (SSSR count). The van der Waals surface area contributed by atoms with Gasteiger partial charge in [-0.15, -0.1) is 0 Å². The summed E-state index contributed by atoms with van der Waals surface area (Å²) in [7, 11) is 0. The molecule has 1 atom stereocenters. The number of nitrogens with one attached hydrogen (secondary N) is 3. The van der Waals surface area contributed by atoms with Gasteiger partial charge in [0.2, 0.25) is 11.7 Å². The minimum Gasteiger partial charge on any atom is -0.502 e. The SMILES string of the molecule is CC(=O)NCC(Cc1ccc(C#Cc2ccc(CNc3cc(C)on3)cc2)cc1)c1nc[nH]c(=O)c1O. The lowest BCUT2D eigenvalue weighted by Crippen LogP contribution is -2.28. The van der Waals surface area contributed by atoms with Crippen molar-refractivity contribution in [1.82, 2.24) is 20.4 Å². The van der Waals surface area contributed by atoms with Gasteiger partial charge in [0.25, 0.3) is 5.56 Å². The minimum absolute atomic E-state index is 0.200. The van der Waals surface area contributed by atoms with Gasteiger partial charge in [-0.1, -0.05) is 41.3 Å². The summed E-state index contributed by atoms with van der Waals surface area (Å²) < 4.78 is 5.05. The predicted molar refractivity (Wildman–Crippen MR) is 139 cm³/mol. The van der Waals surface area contributed by atoms with Crippen LogP contribution in [0.15, 0.2) is 70.2 Å². The largest absolute Gasteiger partial charge is 0.502 e. The Kier molecular flexibility index (Phi) is 8.01. The zero-order valence-electron chi connectivity index (χ0n) is 20.5. The van der Waals surface area contributed by atoms with Gasteiger partial charge in [-0.25, -0.2) is 4.98 Å². The summed E-state index contributed by atoms with van der Waals surface area (Å²) in [5.74, 6) is 6.80. The van der Waals surface area contributed by atoms with Gasteiger partial charge in [0.1, 0.15) is 5.76 Å². The lowest BCUT2D eigenvalue weighted by atomic mass is 9.94. The zero-order chi connectivity index (χ0) is 26.2. The first-order valence-electron chi connectivity index (χ1n) is 11.8. The average Bonchev–Trinajstić information content (AvgIpc) is 3.32. The molecule has 0 saturated carbocycles. The fourth-order valence-electron chi connectivity index (χ4n) is 3.74. The Labute approximate surface area is 214 Å². The van der Waals surface area contributed by atoms with E-state index in [2.05, 4.69) is 37.6 Å². The maximum absolute atomic E-state index is 11.8. The van der Waals surface area contributed by atoms with E-state index < -0.39 is 11.3 Å². The Morgan fingerprint density at radius 3 is 2.32 bits per heavy atom. The van der Waals surface area contributed by atoms with E-state index in [4.69, 9.17) is 4.52 Å². The van der Waals surface area contributed by atoms with Crippen molar-refractivity contribution >= 4 is 11.7 Å². The number of H-pyrrole nitrogens is 1. The number of rotatable bonds is 8. The fraction of sp³-hybridized carbons (Fsp3) is 0.214. The highest BCUT2D eigenvalue weighted by Gasteiger charge is 2.20. The Morgan fingerprint density at radius 1 is 1.08 bits per heavy atom. The van der Waals surface area contributed by atoms with Gasteiger partial charge >= 0.3 is 0 Å². The Hall–Kier alpha value is -4.84. The van der Waals surface area contributed by atoms with Gasteiger partial charge < -0.3 is 25.2 Å². The molecule has 37 heavy (non-hydrogen) atoms. The summed E-state index contributed by atoms with van der Waals surface area (Å²) >= 11 is 0. The molecule has 2 aromatic heterocycles. The van der Waals surface area contributed by atoms with Crippen LogP contribution >= 0.6 is 0 Å². The molecular formula is C28H27N5O4. The zero-order valence-corrected chi connectivity index (χ0v) is 20.5. The number of aryl methyl sites for hydroxylation is 1. The molecule has 9 nitrogen and oxygen atoms in total. The molecule has 9 heteroatoms. The summed E-state index contributed by atoms with van der Waals surface area (Å²) in [5, 5.41) is 20.1. The maximum atomic E-state index is 11.8. The first-order chi connectivity index (χ1) is 17.9. The van der Waals surface area contributed by atoms with Crippen molar-refractivity contribution in [2.45, 2.75) is 32.7 Å². The van der Waals surface area contributed by atoms with Crippen LogP contribution in [0.2, 0.25) is 0 Å². The first-order valence-corrected chi connectivity index (χ1v) is 11.8. The molecule has 0 aliphatic rings. The van der Waals surface area contributed by atoms with Gasteiger partial charge in [0.05, 0.1) is 12.0 Å². The molecule has 2 aromatic carbocycles. The number of hydrogen-bond acceptors (Lipinski definition) is 7. The Morgan fingerprint density at radius 2 is 1.73 bits per heavy atom. The number of amides is 1. The van der Waals surface area contributed by atoms with Gasteiger partial charge in [-0.3, -0.25) is 9.59 Å². The number of aromatic hydroxyl groups is 1. The highest BCUT2D eigenvalue weighted by atomic mass is 16.5. The van der Waals surface area contributed by atoms with Crippen LogP contribution in [0.5, 0.6) is 5.75 Å². The minimum atomic E-state index is -0.613. The quantitative estimate of drug-likeness (QED) is 0.275. The van der Waals surface area contributed by atoms with Crippen LogP contribution < -0.4 is 16.2 Å². The number of carbonyl (C=O) groups excluding carboxylic acids is 1. The lowest BCUT2D eigenvalue weighted by Gasteiger charge is -2.17. The smallest absolute Gasteiger partial charge is 0.293 e. The number of aromatic amines is 1. The normalized spacial score (nSPS) is 11.3. The van der Waals surface area contributed by atoms with Crippen LogP contribution in [-0.2, 0) is 17.8 Å². The maximum Gasteiger partial charge on any atom is 0.293 e. The summed E-state index contributed by atoms with van der Waals surface area (Å²) in [6.45, 7) is 4.14. The number of nitrogens with zero attached hydrogens (tertiary/aromatic N) is 2. The molecule has 0 aliphatic heterocycles. The van der Waals surface area contributed by atoms with E-state index in [1.807, 2.05) is 61.5 Å². The lowest BCUT2D eigenvalue weighted by molar-refractivity contribution is -0.119. The van der Waals surface area contributed by atoms with Crippen LogP contribution in [0.4, 0.5) is 5.82 Å². The molecular weight excluding hydrogens is 470 g/mol. The molecule has 4 aromatic rings. The molecule has 1 unspecified atom stereocenters. The Bertz CT molecular complexity index is 1480. The summed E-state index contributed by atoms with van der Waals surface area (Å²) in [4.78, 5) is 29.7. The van der Waals surface area contributed by atoms with Gasteiger partial charge in [0, 0.05) is 43.1 Å². The Balaban J connectivity index is 1.39. The molecule has 0 aliphatic carbocycles. The molecule has 2 heterocycles. The number of hydrogen-bond donors (Lipinski definition) is 4. The van der Waals surface area contributed by atoms with Crippen LogP contribution in [0.25, 0.3) is 0 Å². The number of carbonyl (C=O) groups is 1. The van der Waals surface area contributed by atoms with E-state index in [1.165, 1.54) is 13.3 Å². The van der Waals surface area contributed by atoms with E-state index in [1.54, 1.807) is 0 Å². The first kappa shape index (κ1) is 25.3. The molecule has 0 spiro atoms. The van der Waals surface area contributed by atoms with E-state index >= 15 is 0 Å². The van der Waals surface area contributed by atoms with Gasteiger partial charge in [0.15, 0.2) is 5.82 Å². The monoisotopic (exact) mass is 497 g/mol. The van der Waals surface area contributed by atoms with Gasteiger partial charge in [-0.05, 0) is 48.7 Å². The summed E-state index contributed by atoms with van der Waals surface area (Å²) in [6.07, 6.45) is 1.72. The number of aromatic nitrogens is 3. The van der Waals surface area contributed by atoms with E-state index in [0.29, 0.717) is 18.8 Å². The summed E-state index contributed by atoms with van der Waals surface area (Å²) in [5.41, 5.74) is 3.45. The van der Waals surface area contributed by atoms with E-state index in [9.17, 15) is 14.7 Å². The highest BCUT2D eigenvalue weighted by molar-refractivity contribution is 5.72. The van der Waals surface area contributed by atoms with Crippen molar-refractivity contribution < 1.29 is 14.4 Å². The number of anilines is 1. The molecule has 1 amide bonds. The van der Waals surface area contributed by atoms with Crippen LogP contribution in [0, 0.1) is 18.8 Å². The van der Waals surface area contributed by atoms with Crippen LogP contribution in [0.3, 0.4) is 0 Å². The molecule has 4 N–H and O–H groups in total. The van der Waals surface area contributed by atoms with Crippen molar-refractivity contribution in [3.63, 3.8) is 0 Å². The second-order valence-electron chi connectivity index (χ2n) is 8.62. The van der Waals surface area contributed by atoms with Gasteiger partial charge in [-0.2, -0.15) is 0 Å². The van der Waals surface area contributed by atoms with Crippen molar-refractivity contribution in [3.05, 3.63) is 105 Å². The van der Waals surface area contributed by atoms with Crippen molar-refractivity contribution in [3.8, 4) is 17.6 Å². The molecule has 0 fully saturated rings. The fourth-order valence-corrected chi connectivity index (χ4v) is 3.74. The average molecular weight is 498 g/mol. The third-order valence-electron chi connectivity index (χ3n) is 5.68. The summed E-state index contributed by atoms with van der Waals surface area (Å²) in [6, 6.07) is 17.5. The van der Waals surface area contributed by atoms with E-state index in [0.717, 1.165) is 28.0 Å². The highest BCUT2D eigenvalue weighted by Crippen LogP contribution is 2.23. The van der Waals surface area contributed by atoms with Crippen molar-refractivity contribution in [2.24, 2.45) is 0 Å². The molecule has 0 bridgehead atoms. The van der Waals surface area contributed by atoms with Crippen LogP contribution in [0.1, 0.15) is 46.5 Å². The van der Waals surface area contributed by atoms with E-state index in [-0.39, 0.29) is 24.1 Å². The predicted octanol–water partition coefficient (Wildman–Crippen LogP) is 3.25. The second kappa shape index (κ2) is 11.7. The van der Waals surface area contributed by atoms with Crippen molar-refractivity contribution in [1.29, 1.82) is 0 Å².